The van der Waals surface area contributed by atoms with Crippen LogP contribution in [0, 0.1) is 5.82 Å². The van der Waals surface area contributed by atoms with Crippen LogP contribution in [0.2, 0.25) is 0 Å². The molecule has 1 unspecified atom stereocenters. The van der Waals surface area contributed by atoms with Crippen LogP contribution in [0.25, 0.3) is 17.0 Å². The van der Waals surface area contributed by atoms with Gasteiger partial charge in [0.15, 0.2) is 5.11 Å². The van der Waals surface area contributed by atoms with Crippen molar-refractivity contribution < 1.29 is 13.7 Å². The minimum atomic E-state index is -0.351. The standard InChI is InChI=1S/C24H25FN4O2S/c1-4-5-13-29-15(2)20(21(26-24(29)32)16-9-11-19(30-3)12-10-16)23-27-22(28-31-23)17-7-6-8-18(25)14-17/h6-12,14,21H,4-5,13H2,1-3H3,(H,26,32). The van der Waals surface area contributed by atoms with Gasteiger partial charge in [0.25, 0.3) is 5.89 Å². The van der Waals surface area contributed by atoms with Crippen molar-refractivity contribution in [1.29, 1.82) is 0 Å². The van der Waals surface area contributed by atoms with Gasteiger partial charge in [-0.05, 0) is 55.4 Å². The highest BCUT2D eigenvalue weighted by Crippen LogP contribution is 2.38. The van der Waals surface area contributed by atoms with Crippen LogP contribution in [0.3, 0.4) is 0 Å². The highest BCUT2D eigenvalue weighted by molar-refractivity contribution is 7.80. The molecule has 0 radical (unpaired) electrons. The number of allylic oxidation sites excluding steroid dienone is 1. The first-order valence-electron chi connectivity index (χ1n) is 10.5. The molecule has 4 rings (SSSR count). The van der Waals surface area contributed by atoms with Crippen LogP contribution in [0.4, 0.5) is 4.39 Å². The zero-order valence-electron chi connectivity index (χ0n) is 18.3. The lowest BCUT2D eigenvalue weighted by Crippen LogP contribution is -2.46. The Morgan fingerprint density at radius 1 is 1.22 bits per heavy atom. The number of hydrogen-bond acceptors (Lipinski definition) is 5. The summed E-state index contributed by atoms with van der Waals surface area (Å²) in [6, 6.07) is 13.7. The minimum Gasteiger partial charge on any atom is -0.497 e. The molecule has 0 saturated carbocycles. The maximum Gasteiger partial charge on any atom is 0.258 e. The van der Waals surface area contributed by atoms with Gasteiger partial charge >= 0.3 is 0 Å². The van der Waals surface area contributed by atoms with Crippen molar-refractivity contribution in [2.75, 3.05) is 13.7 Å². The topological polar surface area (TPSA) is 63.4 Å². The first-order chi connectivity index (χ1) is 15.5. The van der Waals surface area contributed by atoms with Crippen molar-refractivity contribution in [3.63, 3.8) is 0 Å². The van der Waals surface area contributed by atoms with E-state index >= 15 is 0 Å². The van der Waals surface area contributed by atoms with Crippen LogP contribution in [0.15, 0.2) is 58.8 Å². The maximum atomic E-state index is 13.7. The Hall–Kier alpha value is -3.26. The molecule has 0 saturated heterocycles. The molecule has 6 nitrogen and oxygen atoms in total. The fourth-order valence-corrected chi connectivity index (χ4v) is 4.11. The number of hydrogen-bond donors (Lipinski definition) is 1. The molecule has 1 N–H and O–H groups in total. The van der Waals surface area contributed by atoms with Crippen LogP contribution in [0.1, 0.15) is 44.2 Å². The number of aromatic nitrogens is 2. The molecule has 32 heavy (non-hydrogen) atoms. The molecule has 0 spiro atoms. The number of thiocarbonyl (C=S) groups is 1. The van der Waals surface area contributed by atoms with Crippen molar-refractivity contribution in [2.24, 2.45) is 0 Å². The molecule has 1 aromatic heterocycles. The zero-order chi connectivity index (χ0) is 22.7. The summed E-state index contributed by atoms with van der Waals surface area (Å²) in [5.74, 6) is 1.13. The second-order valence-corrected chi connectivity index (χ2v) is 7.98. The summed E-state index contributed by atoms with van der Waals surface area (Å²) in [7, 11) is 1.64. The lowest BCUT2D eigenvalue weighted by molar-refractivity contribution is 0.395. The number of benzene rings is 2. The van der Waals surface area contributed by atoms with Crippen molar-refractivity contribution >= 4 is 22.9 Å². The van der Waals surface area contributed by atoms with Crippen molar-refractivity contribution in [3.05, 3.63) is 71.5 Å². The number of ether oxygens (including phenoxy) is 1. The van der Waals surface area contributed by atoms with Gasteiger partial charge in [0.05, 0.1) is 18.7 Å². The summed E-state index contributed by atoms with van der Waals surface area (Å²) in [5.41, 5.74) is 3.34. The van der Waals surface area contributed by atoms with Gasteiger partial charge in [0.2, 0.25) is 5.82 Å². The highest BCUT2D eigenvalue weighted by Gasteiger charge is 2.33. The molecule has 1 atom stereocenters. The fraction of sp³-hybridized carbons (Fsp3) is 0.292. The molecule has 0 aliphatic carbocycles. The summed E-state index contributed by atoms with van der Waals surface area (Å²) in [6.45, 7) is 4.95. The molecule has 0 fully saturated rings. The Labute approximate surface area is 192 Å². The Morgan fingerprint density at radius 2 is 2.00 bits per heavy atom. The van der Waals surface area contributed by atoms with E-state index in [1.54, 1.807) is 19.2 Å². The third kappa shape index (κ3) is 4.36. The number of unbranched alkanes of at least 4 members (excludes halogenated alkanes) is 1. The third-order valence-electron chi connectivity index (χ3n) is 5.52. The largest absolute Gasteiger partial charge is 0.497 e. The smallest absolute Gasteiger partial charge is 0.258 e. The molecule has 0 bridgehead atoms. The van der Waals surface area contributed by atoms with Crippen LogP contribution in [0.5, 0.6) is 5.75 Å². The van der Waals surface area contributed by atoms with E-state index in [0.29, 0.717) is 22.4 Å². The lowest BCUT2D eigenvalue weighted by Gasteiger charge is -2.37. The quantitative estimate of drug-likeness (QED) is 0.485. The third-order valence-corrected chi connectivity index (χ3v) is 5.86. The van der Waals surface area contributed by atoms with E-state index in [2.05, 4.69) is 27.3 Å². The van der Waals surface area contributed by atoms with Crippen molar-refractivity contribution in [2.45, 2.75) is 32.7 Å². The molecule has 1 aliphatic rings. The summed E-state index contributed by atoms with van der Waals surface area (Å²) in [4.78, 5) is 6.68. The normalized spacial score (nSPS) is 16.3. The molecule has 3 aromatic rings. The molecule has 0 amide bonds. The van der Waals surface area contributed by atoms with Gasteiger partial charge in [0, 0.05) is 17.8 Å². The van der Waals surface area contributed by atoms with Crippen LogP contribution < -0.4 is 10.1 Å². The Bertz CT molecular complexity index is 1140. The average Bonchev–Trinajstić information content (AvgIpc) is 3.28. The van der Waals surface area contributed by atoms with Gasteiger partial charge < -0.3 is 19.5 Å². The van der Waals surface area contributed by atoms with Gasteiger partial charge in [-0.3, -0.25) is 0 Å². The van der Waals surface area contributed by atoms with E-state index in [9.17, 15) is 4.39 Å². The van der Waals surface area contributed by atoms with E-state index in [1.807, 2.05) is 31.2 Å². The van der Waals surface area contributed by atoms with E-state index in [1.165, 1.54) is 12.1 Å². The van der Waals surface area contributed by atoms with Crippen LogP contribution >= 0.6 is 12.2 Å². The average molecular weight is 453 g/mol. The number of halogens is 1. The molecule has 2 aromatic carbocycles. The zero-order valence-corrected chi connectivity index (χ0v) is 19.1. The van der Waals surface area contributed by atoms with Crippen LogP contribution in [-0.2, 0) is 0 Å². The molecule has 8 heteroatoms. The van der Waals surface area contributed by atoms with Gasteiger partial charge in [-0.25, -0.2) is 4.39 Å². The van der Waals surface area contributed by atoms with Crippen molar-refractivity contribution in [3.8, 4) is 17.1 Å². The van der Waals surface area contributed by atoms with Crippen LogP contribution in [-0.4, -0.2) is 33.8 Å². The second-order valence-electron chi connectivity index (χ2n) is 7.59. The predicted octanol–water partition coefficient (Wildman–Crippen LogP) is 5.35. The van der Waals surface area contributed by atoms with Gasteiger partial charge in [-0.1, -0.05) is 42.8 Å². The predicted molar refractivity (Wildman–Crippen MR) is 125 cm³/mol. The summed E-state index contributed by atoms with van der Waals surface area (Å²) >= 11 is 5.69. The molecule has 166 valence electrons. The van der Waals surface area contributed by atoms with E-state index in [4.69, 9.17) is 21.5 Å². The first kappa shape index (κ1) is 22.0. The number of nitrogens with zero attached hydrogens (tertiary/aromatic N) is 3. The molecule has 2 heterocycles. The minimum absolute atomic E-state index is 0.271. The number of nitrogens with one attached hydrogen (secondary N) is 1. The highest BCUT2D eigenvalue weighted by atomic mass is 32.1. The summed E-state index contributed by atoms with van der Waals surface area (Å²) < 4.78 is 24.7. The van der Waals surface area contributed by atoms with Gasteiger partial charge in [0.1, 0.15) is 11.6 Å². The lowest BCUT2D eigenvalue weighted by atomic mass is 9.94. The van der Waals surface area contributed by atoms with E-state index in [0.717, 1.165) is 42.0 Å². The Balaban J connectivity index is 1.79. The molecular formula is C24H25FN4O2S. The summed E-state index contributed by atoms with van der Waals surface area (Å²) in [5, 5.41) is 8.21. The first-order valence-corrected chi connectivity index (χ1v) is 11.0. The fourth-order valence-electron chi connectivity index (χ4n) is 3.77. The number of rotatable bonds is 7. The Kier molecular flexibility index (Phi) is 6.50. The molecule has 1 aliphatic heterocycles. The van der Waals surface area contributed by atoms with E-state index < -0.39 is 0 Å². The maximum absolute atomic E-state index is 13.7. The Morgan fingerprint density at radius 3 is 2.69 bits per heavy atom. The number of methoxy groups -OCH3 is 1. The van der Waals surface area contributed by atoms with E-state index in [-0.39, 0.29) is 11.9 Å². The second kappa shape index (κ2) is 9.48. The summed E-state index contributed by atoms with van der Waals surface area (Å²) in [6.07, 6.45) is 2.05. The van der Waals surface area contributed by atoms with Gasteiger partial charge in [-0.2, -0.15) is 4.98 Å². The van der Waals surface area contributed by atoms with Gasteiger partial charge in [-0.15, -0.1) is 0 Å². The molecular weight excluding hydrogens is 427 g/mol. The van der Waals surface area contributed by atoms with Crippen molar-refractivity contribution in [1.82, 2.24) is 20.4 Å². The monoisotopic (exact) mass is 452 g/mol. The SMILES string of the molecule is CCCCN1C(=S)NC(c2ccc(OC)cc2)C(c2nc(-c3cccc(F)c3)no2)=C1C.